The van der Waals surface area contributed by atoms with E-state index in [2.05, 4.69) is 20.6 Å². The number of benzene rings is 3. The van der Waals surface area contributed by atoms with Gasteiger partial charge in [-0.25, -0.2) is 9.67 Å². The summed E-state index contributed by atoms with van der Waals surface area (Å²) in [5.41, 5.74) is 8.20. The molecule has 3 amide bonds. The Morgan fingerprint density at radius 3 is 2.51 bits per heavy atom. The van der Waals surface area contributed by atoms with Crippen molar-refractivity contribution >= 4 is 72.0 Å². The second-order valence-electron chi connectivity index (χ2n) is 10.1. The van der Waals surface area contributed by atoms with Gasteiger partial charge in [0.2, 0.25) is 23.5 Å². The molecule has 1 aromatic heterocycles. The number of aliphatic hydroxyl groups is 2. The molecule has 0 aliphatic carbocycles. The number of aliphatic imine (C=N–C) groups is 1. The van der Waals surface area contributed by atoms with Crippen molar-refractivity contribution < 1.29 is 24.6 Å². The third kappa shape index (κ3) is 7.67. The van der Waals surface area contributed by atoms with Crippen LogP contribution in [0.15, 0.2) is 77.9 Å². The molecule has 1 aliphatic rings. The van der Waals surface area contributed by atoms with Crippen LogP contribution in [0.4, 0.5) is 17.1 Å². The van der Waals surface area contributed by atoms with Gasteiger partial charge in [-0.3, -0.25) is 19.3 Å². The summed E-state index contributed by atoms with van der Waals surface area (Å²) in [5.74, 6) is -4.32. The minimum absolute atomic E-state index is 0.111. The van der Waals surface area contributed by atoms with Gasteiger partial charge in [-0.1, -0.05) is 58.7 Å². The Kier molecular flexibility index (Phi) is 9.20. The molecule has 0 spiro atoms. The minimum atomic E-state index is -2.81. The summed E-state index contributed by atoms with van der Waals surface area (Å²) in [6.07, 6.45) is 2.61. The third-order valence-electron chi connectivity index (χ3n) is 6.86. The quantitative estimate of drug-likeness (QED) is 0.0919. The first kappa shape index (κ1) is 31.7. The van der Waals surface area contributed by atoms with Crippen LogP contribution in [-0.2, 0) is 20.8 Å². The number of halogens is 2. The summed E-state index contributed by atoms with van der Waals surface area (Å²) in [6.45, 7) is -0.780. The highest BCUT2D eigenvalue weighted by Gasteiger charge is 2.39. The summed E-state index contributed by atoms with van der Waals surface area (Å²) in [5, 5.41) is 29.6. The summed E-state index contributed by atoms with van der Waals surface area (Å²) in [7, 11) is 5.08. The number of carbonyl (C=O) groups is 3. The molecule has 2 radical (unpaired) electrons. The predicted molar refractivity (Wildman–Crippen MR) is 169 cm³/mol. The maximum Gasteiger partial charge on any atom is 0.247 e. The molecule has 1 aliphatic heterocycles. The minimum Gasteiger partial charge on any atom is -0.398 e. The largest absolute Gasteiger partial charge is 0.398 e. The van der Waals surface area contributed by atoms with Crippen molar-refractivity contribution in [2.24, 2.45) is 4.99 Å². The van der Waals surface area contributed by atoms with E-state index < -0.39 is 36.1 Å². The Morgan fingerprint density at radius 1 is 1.07 bits per heavy atom. The van der Waals surface area contributed by atoms with Gasteiger partial charge >= 0.3 is 0 Å². The number of nitrogen functional groups attached to an aromatic ring is 1. The molecule has 2 heterocycles. The molecule has 5 rings (SSSR count). The highest BCUT2D eigenvalue weighted by molar-refractivity contribution is 6.31. The van der Waals surface area contributed by atoms with Crippen LogP contribution in [0.2, 0.25) is 10.2 Å². The van der Waals surface area contributed by atoms with E-state index in [9.17, 15) is 24.6 Å². The van der Waals surface area contributed by atoms with E-state index in [4.69, 9.17) is 36.8 Å². The molecule has 0 saturated carbocycles. The van der Waals surface area contributed by atoms with E-state index in [-0.39, 0.29) is 35.1 Å². The van der Waals surface area contributed by atoms with Gasteiger partial charge in [0.1, 0.15) is 19.1 Å². The number of anilines is 3. The number of nitrogens with two attached hydrogens (primary N) is 1. The molecule has 1 atom stereocenters. The zero-order valence-corrected chi connectivity index (χ0v) is 24.9. The highest BCUT2D eigenvalue weighted by atomic mass is 35.5. The maximum atomic E-state index is 13.8. The van der Waals surface area contributed by atoms with Gasteiger partial charge in [-0.2, -0.15) is 0 Å². The average Bonchev–Trinajstić information content (AvgIpc) is 3.43. The SMILES string of the molecule is [B]C(O)(O)N=Cc1cc(NC(=O)C(Cc2ccccc2)N2CC(=O)N(c3cc(Cl)ccc3-n3cc(Cl)nn3)CC2=O)ccc1N. The lowest BCUT2D eigenvalue weighted by molar-refractivity contribution is -0.143. The molecule has 1 unspecified atom stereocenters. The Balaban J connectivity index is 1.43. The summed E-state index contributed by atoms with van der Waals surface area (Å²) < 4.78 is 1.37. The number of carbonyl (C=O) groups excluding carboxylic acids is 3. The molecule has 13 nitrogen and oxygen atoms in total. The molecular weight excluding hydrogens is 622 g/mol. The second-order valence-corrected chi connectivity index (χ2v) is 10.9. The number of aromatic nitrogens is 3. The summed E-state index contributed by atoms with van der Waals surface area (Å²) in [4.78, 5) is 47.0. The molecule has 228 valence electrons. The molecule has 16 heteroatoms. The van der Waals surface area contributed by atoms with E-state index in [1.165, 1.54) is 44.9 Å². The number of amides is 3. The van der Waals surface area contributed by atoms with Crippen LogP contribution in [0.25, 0.3) is 5.69 Å². The fourth-order valence-corrected chi connectivity index (χ4v) is 5.03. The Hall–Kier alpha value is -4.76. The van der Waals surface area contributed by atoms with Gasteiger partial charge in [0.15, 0.2) is 13.0 Å². The van der Waals surface area contributed by atoms with Crippen LogP contribution in [-0.4, -0.2) is 86.8 Å². The number of hydrogen-bond donors (Lipinski definition) is 4. The molecule has 4 aromatic rings. The molecule has 0 bridgehead atoms. The van der Waals surface area contributed by atoms with E-state index in [0.29, 0.717) is 16.4 Å². The average molecular weight is 647 g/mol. The van der Waals surface area contributed by atoms with Crippen molar-refractivity contribution in [2.75, 3.05) is 29.0 Å². The third-order valence-corrected chi connectivity index (χ3v) is 7.27. The number of nitrogens with one attached hydrogen (secondary N) is 1. The maximum absolute atomic E-state index is 13.8. The van der Waals surface area contributed by atoms with Crippen molar-refractivity contribution in [3.05, 3.63) is 94.2 Å². The smallest absolute Gasteiger partial charge is 0.247 e. The van der Waals surface area contributed by atoms with Gasteiger partial charge in [0.25, 0.3) is 0 Å². The van der Waals surface area contributed by atoms with Gasteiger partial charge < -0.3 is 26.2 Å². The van der Waals surface area contributed by atoms with Crippen LogP contribution >= 0.6 is 23.2 Å². The van der Waals surface area contributed by atoms with E-state index in [0.717, 1.165) is 11.8 Å². The first-order valence-electron chi connectivity index (χ1n) is 13.4. The van der Waals surface area contributed by atoms with Crippen molar-refractivity contribution in [3.8, 4) is 5.69 Å². The van der Waals surface area contributed by atoms with Crippen LogP contribution in [0.5, 0.6) is 0 Å². The molecule has 5 N–H and O–H groups in total. The summed E-state index contributed by atoms with van der Waals surface area (Å²) in [6, 6.07) is 17.2. The number of piperazine rings is 1. The fraction of sp³-hybridized carbons (Fsp3) is 0.172. The Labute approximate surface area is 268 Å². The second kappa shape index (κ2) is 13.1. The van der Waals surface area contributed by atoms with Crippen LogP contribution in [0.3, 0.4) is 0 Å². The van der Waals surface area contributed by atoms with Gasteiger partial charge in [0, 0.05) is 34.6 Å². The Morgan fingerprint density at radius 2 is 1.82 bits per heavy atom. The van der Waals surface area contributed by atoms with E-state index in [1.807, 2.05) is 18.2 Å². The monoisotopic (exact) mass is 646 g/mol. The van der Waals surface area contributed by atoms with E-state index >= 15 is 0 Å². The Bertz CT molecular complexity index is 1780. The molecule has 1 fully saturated rings. The molecular formula is C29H25BCl2N8O5. The lowest BCUT2D eigenvalue weighted by atomic mass is 10.0. The van der Waals surface area contributed by atoms with Crippen LogP contribution in [0.1, 0.15) is 11.1 Å². The first-order valence-corrected chi connectivity index (χ1v) is 14.1. The predicted octanol–water partition coefficient (Wildman–Crippen LogP) is 1.76. The molecule has 1 saturated heterocycles. The van der Waals surface area contributed by atoms with Crippen LogP contribution < -0.4 is 16.0 Å². The van der Waals surface area contributed by atoms with Crippen molar-refractivity contribution in [3.63, 3.8) is 0 Å². The van der Waals surface area contributed by atoms with E-state index in [1.54, 1.807) is 24.3 Å². The standard InChI is InChI=1S/C29H25BCl2N8O5/c30-29(44,45)34-13-18-11-20(7-8-21(18)33)35-28(43)24(10-17-4-2-1-3-5-17)39-16-26(41)38(15-27(39)42)23-12-19(31)6-9-22(23)40-14-25(32)36-37-40/h1-9,11-14,24,44-45H,10,15-16,33H2,(H,35,43). The lowest BCUT2D eigenvalue weighted by Gasteiger charge is -2.38. The lowest BCUT2D eigenvalue weighted by Crippen LogP contribution is -2.60. The topological polar surface area (TPSA) is 179 Å². The first-order chi connectivity index (χ1) is 21.4. The van der Waals surface area contributed by atoms with Crippen molar-refractivity contribution in [2.45, 2.75) is 18.3 Å². The molecule has 3 aromatic carbocycles. The van der Waals surface area contributed by atoms with Gasteiger partial charge in [-0.15, -0.1) is 5.10 Å². The molecule has 45 heavy (non-hydrogen) atoms. The summed E-state index contributed by atoms with van der Waals surface area (Å²) >= 11 is 12.2. The zero-order chi connectivity index (χ0) is 32.3. The fourth-order valence-electron chi connectivity index (χ4n) is 4.74. The zero-order valence-electron chi connectivity index (χ0n) is 23.4. The van der Waals surface area contributed by atoms with Crippen molar-refractivity contribution in [1.82, 2.24) is 19.9 Å². The van der Waals surface area contributed by atoms with Crippen molar-refractivity contribution in [1.29, 1.82) is 0 Å². The normalized spacial score (nSPS) is 14.7. The number of hydrogen-bond acceptors (Lipinski definition) is 9. The number of rotatable bonds is 9. The van der Waals surface area contributed by atoms with Gasteiger partial charge in [-0.05, 0) is 42.0 Å². The van der Waals surface area contributed by atoms with Gasteiger partial charge in [0.05, 0.1) is 17.6 Å². The van der Waals surface area contributed by atoms with Crippen LogP contribution in [0, 0.1) is 0 Å². The number of nitrogens with zero attached hydrogens (tertiary/aromatic N) is 6. The highest BCUT2D eigenvalue weighted by Crippen LogP contribution is 2.30.